The van der Waals surface area contributed by atoms with E-state index in [4.69, 9.17) is 0 Å². The van der Waals surface area contributed by atoms with Crippen LogP contribution in [0.4, 0.5) is 5.13 Å². The highest BCUT2D eigenvalue weighted by Gasteiger charge is 2.37. The number of nitrogens with one attached hydrogen (secondary N) is 1. The zero-order valence-corrected chi connectivity index (χ0v) is 12.6. The number of nitrogens with zero attached hydrogens (tertiary/aromatic N) is 2. The summed E-state index contributed by atoms with van der Waals surface area (Å²) in [5.74, 6) is 0.477. The van der Waals surface area contributed by atoms with E-state index < -0.39 is 0 Å². The quantitative estimate of drug-likeness (QED) is 0.923. The number of hydrogen-bond acceptors (Lipinski definition) is 4. The number of anilines is 1. The van der Waals surface area contributed by atoms with Gasteiger partial charge in [-0.25, -0.2) is 4.98 Å². The molecular weight excluding hydrogens is 274 g/mol. The first-order valence-corrected chi connectivity index (χ1v) is 7.87. The summed E-state index contributed by atoms with van der Waals surface area (Å²) < 4.78 is 0. The van der Waals surface area contributed by atoms with E-state index >= 15 is 0 Å². The number of likely N-dealkylation sites (tertiary alicyclic amines) is 1. The first-order chi connectivity index (χ1) is 9.52. The third-order valence-electron chi connectivity index (χ3n) is 4.02. The molecule has 5 nitrogen and oxygen atoms in total. The molecule has 1 aliphatic carbocycles. The van der Waals surface area contributed by atoms with Gasteiger partial charge >= 0.3 is 0 Å². The van der Waals surface area contributed by atoms with Gasteiger partial charge in [-0.15, -0.1) is 11.3 Å². The smallest absolute Gasteiger partial charge is 0.231 e. The van der Waals surface area contributed by atoms with Gasteiger partial charge in [0, 0.05) is 24.4 Å². The van der Waals surface area contributed by atoms with Crippen molar-refractivity contribution < 1.29 is 9.59 Å². The molecule has 20 heavy (non-hydrogen) atoms. The fourth-order valence-corrected chi connectivity index (χ4v) is 3.29. The summed E-state index contributed by atoms with van der Waals surface area (Å²) in [6, 6.07) is 0. The normalized spacial score (nSPS) is 22.4. The summed E-state index contributed by atoms with van der Waals surface area (Å²) >= 11 is 1.48. The summed E-state index contributed by atoms with van der Waals surface area (Å²) in [6.07, 6.45) is 2.78. The zero-order valence-electron chi connectivity index (χ0n) is 11.8. The van der Waals surface area contributed by atoms with Gasteiger partial charge in [0.15, 0.2) is 5.13 Å². The van der Waals surface area contributed by atoms with Crippen molar-refractivity contribution in [2.75, 3.05) is 18.4 Å². The van der Waals surface area contributed by atoms with Crippen LogP contribution in [-0.4, -0.2) is 34.8 Å². The number of carbonyl (C=O) groups is 2. The average Bonchev–Trinajstić information content (AvgIpc) is 3.04. The van der Waals surface area contributed by atoms with Crippen molar-refractivity contribution in [3.05, 3.63) is 10.6 Å². The number of hydrogen-bond donors (Lipinski definition) is 1. The van der Waals surface area contributed by atoms with Crippen molar-refractivity contribution >= 4 is 28.3 Å². The van der Waals surface area contributed by atoms with Crippen molar-refractivity contribution in [3.8, 4) is 0 Å². The van der Waals surface area contributed by atoms with Crippen molar-refractivity contribution in [1.82, 2.24) is 9.88 Å². The molecule has 1 aromatic heterocycles. The minimum Gasteiger partial charge on any atom is -0.342 e. The Bertz CT molecular complexity index is 531. The Hall–Kier alpha value is -1.43. The largest absolute Gasteiger partial charge is 0.342 e. The molecule has 1 saturated heterocycles. The molecule has 2 amide bonds. The second-order valence-electron chi connectivity index (χ2n) is 5.79. The Balaban J connectivity index is 1.58. The maximum absolute atomic E-state index is 12.2. The van der Waals surface area contributed by atoms with Crippen LogP contribution in [0.5, 0.6) is 0 Å². The van der Waals surface area contributed by atoms with Crippen LogP contribution in [0.2, 0.25) is 0 Å². The second-order valence-corrected chi connectivity index (χ2v) is 7.00. The van der Waals surface area contributed by atoms with Crippen molar-refractivity contribution in [2.24, 2.45) is 11.8 Å². The minimum absolute atomic E-state index is 0.0783. The van der Waals surface area contributed by atoms with Crippen LogP contribution in [0.15, 0.2) is 0 Å². The van der Waals surface area contributed by atoms with Gasteiger partial charge in [0.1, 0.15) is 0 Å². The molecular formula is C14H19N3O2S. The first kappa shape index (κ1) is 13.5. The average molecular weight is 293 g/mol. The lowest BCUT2D eigenvalue weighted by atomic mass is 10.1. The third-order valence-corrected chi connectivity index (χ3v) is 5.01. The highest BCUT2D eigenvalue weighted by molar-refractivity contribution is 7.15. The fourth-order valence-electron chi connectivity index (χ4n) is 2.47. The molecule has 1 atom stereocenters. The summed E-state index contributed by atoms with van der Waals surface area (Å²) in [5.41, 5.74) is 0.947. The molecule has 1 saturated carbocycles. The maximum atomic E-state index is 12.2. The van der Waals surface area contributed by atoms with Gasteiger partial charge in [-0.1, -0.05) is 0 Å². The number of thiazole rings is 1. The maximum Gasteiger partial charge on any atom is 0.231 e. The molecule has 1 N–H and O–H groups in total. The predicted molar refractivity (Wildman–Crippen MR) is 77.6 cm³/mol. The lowest BCUT2D eigenvalue weighted by Crippen LogP contribution is -2.29. The van der Waals surface area contributed by atoms with Gasteiger partial charge in [0.25, 0.3) is 0 Å². The molecule has 2 heterocycles. The molecule has 6 heteroatoms. The number of aryl methyl sites for hydroxylation is 2. The summed E-state index contributed by atoms with van der Waals surface area (Å²) in [7, 11) is 0. The number of rotatable bonds is 4. The number of amides is 2. The van der Waals surface area contributed by atoms with Crippen molar-refractivity contribution in [1.29, 1.82) is 0 Å². The van der Waals surface area contributed by atoms with E-state index in [-0.39, 0.29) is 17.7 Å². The van der Waals surface area contributed by atoms with E-state index in [1.165, 1.54) is 24.2 Å². The van der Waals surface area contributed by atoms with E-state index in [2.05, 4.69) is 10.3 Å². The van der Waals surface area contributed by atoms with Crippen LogP contribution in [0.25, 0.3) is 0 Å². The lowest BCUT2D eigenvalue weighted by Gasteiger charge is -2.15. The fraction of sp³-hybridized carbons (Fsp3) is 0.643. The lowest BCUT2D eigenvalue weighted by molar-refractivity contribution is -0.128. The summed E-state index contributed by atoms with van der Waals surface area (Å²) in [5, 5.41) is 3.48. The summed E-state index contributed by atoms with van der Waals surface area (Å²) in [6.45, 7) is 5.31. The molecule has 0 spiro atoms. The van der Waals surface area contributed by atoms with Gasteiger partial charge in [0.05, 0.1) is 11.6 Å². The van der Waals surface area contributed by atoms with Crippen molar-refractivity contribution in [2.45, 2.75) is 33.1 Å². The van der Waals surface area contributed by atoms with Crippen molar-refractivity contribution in [3.63, 3.8) is 0 Å². The Morgan fingerprint density at radius 1 is 1.45 bits per heavy atom. The third kappa shape index (κ3) is 2.85. The second kappa shape index (κ2) is 5.16. The van der Waals surface area contributed by atoms with Gasteiger partial charge in [-0.05, 0) is 32.6 Å². The van der Waals surface area contributed by atoms with Crippen LogP contribution in [0.3, 0.4) is 0 Å². The predicted octanol–water partition coefficient (Wildman–Crippen LogP) is 1.96. The molecule has 0 aromatic carbocycles. The van der Waals surface area contributed by atoms with Crippen LogP contribution < -0.4 is 5.32 Å². The van der Waals surface area contributed by atoms with Crippen LogP contribution in [0.1, 0.15) is 29.8 Å². The minimum atomic E-state index is -0.231. The molecule has 1 aromatic rings. The van der Waals surface area contributed by atoms with Crippen LogP contribution in [0, 0.1) is 25.7 Å². The molecule has 108 valence electrons. The topological polar surface area (TPSA) is 62.3 Å². The standard InChI is InChI=1S/C14H19N3O2S/c1-8-9(2)20-14(15-8)16-13(19)11-5-12(18)17(7-11)6-10-3-4-10/h10-11H,3-7H2,1-2H3,(H,15,16,19)/t11-/m1/s1. The SMILES string of the molecule is Cc1nc(NC(=O)[C@@H]2CC(=O)N(CC3CC3)C2)sc1C. The van der Waals surface area contributed by atoms with E-state index in [0.29, 0.717) is 24.0 Å². The van der Waals surface area contributed by atoms with Gasteiger partial charge in [-0.2, -0.15) is 0 Å². The Morgan fingerprint density at radius 3 is 2.80 bits per heavy atom. The monoisotopic (exact) mass is 293 g/mol. The summed E-state index contributed by atoms with van der Waals surface area (Å²) in [4.78, 5) is 31.4. The number of aromatic nitrogens is 1. The molecule has 0 radical (unpaired) electrons. The molecule has 2 aliphatic rings. The van der Waals surface area contributed by atoms with Crippen LogP contribution in [-0.2, 0) is 9.59 Å². The first-order valence-electron chi connectivity index (χ1n) is 7.05. The van der Waals surface area contributed by atoms with E-state index in [9.17, 15) is 9.59 Å². The zero-order chi connectivity index (χ0) is 14.3. The van der Waals surface area contributed by atoms with Crippen LogP contribution >= 0.6 is 11.3 Å². The van der Waals surface area contributed by atoms with E-state index in [1.807, 2.05) is 18.7 Å². The Labute approximate surface area is 122 Å². The molecule has 2 fully saturated rings. The number of carbonyl (C=O) groups excluding carboxylic acids is 2. The Kier molecular flexibility index (Phi) is 3.50. The van der Waals surface area contributed by atoms with E-state index in [0.717, 1.165) is 17.1 Å². The van der Waals surface area contributed by atoms with Gasteiger partial charge < -0.3 is 10.2 Å². The molecule has 3 rings (SSSR count). The highest BCUT2D eigenvalue weighted by Crippen LogP contribution is 2.32. The highest BCUT2D eigenvalue weighted by atomic mass is 32.1. The molecule has 0 unspecified atom stereocenters. The van der Waals surface area contributed by atoms with Gasteiger partial charge in [0.2, 0.25) is 11.8 Å². The Morgan fingerprint density at radius 2 is 2.20 bits per heavy atom. The van der Waals surface area contributed by atoms with Gasteiger partial charge in [-0.3, -0.25) is 9.59 Å². The molecule has 1 aliphatic heterocycles. The molecule has 0 bridgehead atoms. The van der Waals surface area contributed by atoms with E-state index in [1.54, 1.807) is 0 Å².